The SMILES string of the molecule is CCc1ccc(OCCCN2C(=O)COc3ccc(NC(=O)CCc4ccc(C)cc4)cc32)cc1. The quantitative estimate of drug-likeness (QED) is 0.406. The number of carbonyl (C=O) groups is 2. The van der Waals surface area contributed by atoms with Crippen LogP contribution in [-0.2, 0) is 22.4 Å². The van der Waals surface area contributed by atoms with E-state index in [-0.39, 0.29) is 18.4 Å². The number of rotatable bonds is 10. The smallest absolute Gasteiger partial charge is 0.265 e. The first kappa shape index (κ1) is 24.3. The van der Waals surface area contributed by atoms with Crippen molar-refractivity contribution in [1.29, 1.82) is 0 Å². The van der Waals surface area contributed by atoms with Crippen molar-refractivity contribution in [2.24, 2.45) is 0 Å². The molecular formula is C29H32N2O4. The van der Waals surface area contributed by atoms with Crippen molar-refractivity contribution in [2.75, 3.05) is 30.0 Å². The molecule has 0 bridgehead atoms. The zero-order chi connectivity index (χ0) is 24.6. The normalized spacial score (nSPS) is 12.6. The largest absolute Gasteiger partial charge is 0.494 e. The Morgan fingerprint density at radius 1 is 1.03 bits per heavy atom. The lowest BCUT2D eigenvalue weighted by Crippen LogP contribution is -2.39. The van der Waals surface area contributed by atoms with Crippen molar-refractivity contribution < 1.29 is 19.1 Å². The summed E-state index contributed by atoms with van der Waals surface area (Å²) in [6.07, 6.45) is 2.73. The van der Waals surface area contributed by atoms with Crippen molar-refractivity contribution in [3.05, 3.63) is 83.4 Å². The van der Waals surface area contributed by atoms with E-state index in [4.69, 9.17) is 9.47 Å². The first-order valence-corrected chi connectivity index (χ1v) is 12.2. The summed E-state index contributed by atoms with van der Waals surface area (Å²) in [6.45, 7) is 5.18. The number of anilines is 2. The van der Waals surface area contributed by atoms with Crippen LogP contribution in [-0.4, -0.2) is 31.6 Å². The first-order chi connectivity index (χ1) is 17.0. The van der Waals surface area contributed by atoms with Crippen LogP contribution in [0.15, 0.2) is 66.7 Å². The molecule has 0 spiro atoms. The van der Waals surface area contributed by atoms with Gasteiger partial charge in [0.05, 0.1) is 12.3 Å². The minimum atomic E-state index is -0.104. The van der Waals surface area contributed by atoms with Gasteiger partial charge in [-0.15, -0.1) is 0 Å². The summed E-state index contributed by atoms with van der Waals surface area (Å²) in [4.78, 5) is 26.8. The molecule has 35 heavy (non-hydrogen) atoms. The molecule has 0 fully saturated rings. The van der Waals surface area contributed by atoms with Gasteiger partial charge in [-0.05, 0) is 67.6 Å². The maximum atomic E-state index is 12.6. The fourth-order valence-corrected chi connectivity index (χ4v) is 4.00. The van der Waals surface area contributed by atoms with Gasteiger partial charge in [0.25, 0.3) is 5.91 Å². The van der Waals surface area contributed by atoms with E-state index in [1.807, 2.05) is 31.2 Å². The number of ether oxygens (including phenoxy) is 2. The highest BCUT2D eigenvalue weighted by atomic mass is 16.5. The van der Waals surface area contributed by atoms with Gasteiger partial charge < -0.3 is 19.7 Å². The minimum absolute atomic E-state index is 0.00852. The number of fused-ring (bicyclic) bond motifs is 1. The van der Waals surface area contributed by atoms with E-state index in [9.17, 15) is 9.59 Å². The van der Waals surface area contributed by atoms with E-state index in [0.717, 1.165) is 17.7 Å². The van der Waals surface area contributed by atoms with Crippen LogP contribution in [0.2, 0.25) is 0 Å². The summed E-state index contributed by atoms with van der Waals surface area (Å²) >= 11 is 0. The van der Waals surface area contributed by atoms with Gasteiger partial charge in [0, 0.05) is 18.7 Å². The van der Waals surface area contributed by atoms with Gasteiger partial charge in [-0.1, -0.05) is 48.9 Å². The predicted octanol–water partition coefficient (Wildman–Crippen LogP) is 5.32. The number of hydrogen-bond acceptors (Lipinski definition) is 4. The molecule has 0 saturated carbocycles. The predicted molar refractivity (Wildman–Crippen MR) is 138 cm³/mol. The number of hydrogen-bond donors (Lipinski definition) is 1. The Hall–Kier alpha value is -3.80. The zero-order valence-corrected chi connectivity index (χ0v) is 20.4. The number of amides is 2. The van der Waals surface area contributed by atoms with Gasteiger partial charge in [0.2, 0.25) is 5.91 Å². The van der Waals surface area contributed by atoms with Crippen molar-refractivity contribution in [3.63, 3.8) is 0 Å². The van der Waals surface area contributed by atoms with E-state index in [2.05, 4.69) is 36.5 Å². The third-order valence-electron chi connectivity index (χ3n) is 6.07. The molecule has 3 aromatic rings. The van der Waals surface area contributed by atoms with E-state index >= 15 is 0 Å². The molecule has 1 heterocycles. The monoisotopic (exact) mass is 472 g/mol. The molecule has 0 unspecified atom stereocenters. The van der Waals surface area contributed by atoms with Crippen molar-refractivity contribution in [2.45, 2.75) is 39.5 Å². The van der Waals surface area contributed by atoms with Crippen LogP contribution in [0.5, 0.6) is 11.5 Å². The number of benzene rings is 3. The molecule has 0 aromatic heterocycles. The van der Waals surface area contributed by atoms with Crippen LogP contribution in [0.3, 0.4) is 0 Å². The van der Waals surface area contributed by atoms with Crippen molar-refractivity contribution >= 4 is 23.2 Å². The molecule has 2 amide bonds. The molecule has 4 rings (SSSR count). The number of nitrogens with one attached hydrogen (secondary N) is 1. The Morgan fingerprint density at radius 3 is 2.51 bits per heavy atom. The van der Waals surface area contributed by atoms with E-state index in [0.29, 0.717) is 49.5 Å². The van der Waals surface area contributed by atoms with Crippen LogP contribution in [0, 0.1) is 6.92 Å². The second-order valence-corrected chi connectivity index (χ2v) is 8.75. The summed E-state index contributed by atoms with van der Waals surface area (Å²) in [5.74, 6) is 1.29. The van der Waals surface area contributed by atoms with Crippen LogP contribution in [0.25, 0.3) is 0 Å². The van der Waals surface area contributed by atoms with E-state index in [1.54, 1.807) is 23.1 Å². The Balaban J connectivity index is 1.32. The molecule has 0 radical (unpaired) electrons. The van der Waals surface area contributed by atoms with Gasteiger partial charge in [0.1, 0.15) is 11.5 Å². The zero-order valence-electron chi connectivity index (χ0n) is 20.4. The molecule has 1 N–H and O–H groups in total. The summed E-state index contributed by atoms with van der Waals surface area (Å²) in [6, 6.07) is 21.7. The number of nitrogens with zero attached hydrogens (tertiary/aromatic N) is 1. The third kappa shape index (κ3) is 6.63. The van der Waals surface area contributed by atoms with Gasteiger partial charge >= 0.3 is 0 Å². The van der Waals surface area contributed by atoms with Gasteiger partial charge in [-0.25, -0.2) is 0 Å². The number of aryl methyl sites for hydroxylation is 3. The lowest BCUT2D eigenvalue weighted by atomic mass is 10.1. The van der Waals surface area contributed by atoms with Crippen molar-refractivity contribution in [3.8, 4) is 11.5 Å². The topological polar surface area (TPSA) is 67.9 Å². The first-order valence-electron chi connectivity index (χ1n) is 12.2. The van der Waals surface area contributed by atoms with Crippen LogP contribution in [0.1, 0.15) is 36.5 Å². The van der Waals surface area contributed by atoms with Gasteiger partial charge in [-0.2, -0.15) is 0 Å². The fraction of sp³-hybridized carbons (Fsp3) is 0.310. The highest BCUT2D eigenvalue weighted by Crippen LogP contribution is 2.34. The lowest BCUT2D eigenvalue weighted by molar-refractivity contribution is -0.121. The second-order valence-electron chi connectivity index (χ2n) is 8.75. The molecule has 0 aliphatic carbocycles. The lowest BCUT2D eigenvalue weighted by Gasteiger charge is -2.30. The molecular weight excluding hydrogens is 440 g/mol. The summed E-state index contributed by atoms with van der Waals surface area (Å²) < 4.78 is 11.4. The molecule has 1 aliphatic rings. The summed E-state index contributed by atoms with van der Waals surface area (Å²) in [5, 5.41) is 2.95. The van der Waals surface area contributed by atoms with Gasteiger partial charge in [0.15, 0.2) is 6.61 Å². The second kappa shape index (κ2) is 11.6. The third-order valence-corrected chi connectivity index (χ3v) is 6.07. The Morgan fingerprint density at radius 2 is 1.77 bits per heavy atom. The molecule has 1 aliphatic heterocycles. The molecule has 6 nitrogen and oxygen atoms in total. The average Bonchev–Trinajstić information content (AvgIpc) is 2.87. The maximum absolute atomic E-state index is 12.6. The average molecular weight is 473 g/mol. The Labute approximate surface area is 206 Å². The minimum Gasteiger partial charge on any atom is -0.494 e. The fourth-order valence-electron chi connectivity index (χ4n) is 4.00. The van der Waals surface area contributed by atoms with E-state index < -0.39 is 0 Å². The Kier molecular flexibility index (Phi) is 8.03. The van der Waals surface area contributed by atoms with E-state index in [1.165, 1.54) is 11.1 Å². The van der Waals surface area contributed by atoms with Crippen LogP contribution >= 0.6 is 0 Å². The molecule has 0 saturated heterocycles. The molecule has 3 aromatic carbocycles. The highest BCUT2D eigenvalue weighted by molar-refractivity contribution is 5.99. The Bertz CT molecular complexity index is 1160. The maximum Gasteiger partial charge on any atom is 0.265 e. The highest BCUT2D eigenvalue weighted by Gasteiger charge is 2.25. The van der Waals surface area contributed by atoms with Gasteiger partial charge in [-0.3, -0.25) is 9.59 Å². The summed E-state index contributed by atoms with van der Waals surface area (Å²) in [5.41, 5.74) is 4.92. The van der Waals surface area contributed by atoms with Crippen LogP contribution in [0.4, 0.5) is 11.4 Å². The summed E-state index contributed by atoms with van der Waals surface area (Å²) in [7, 11) is 0. The molecule has 0 atom stereocenters. The molecule has 6 heteroatoms. The standard InChI is InChI=1S/C29H32N2O4/c1-3-22-9-13-25(14-10-22)34-18-4-17-31-26-19-24(12-15-27(26)35-20-29(31)33)30-28(32)16-11-23-7-5-21(2)6-8-23/h5-10,12-15,19H,3-4,11,16-18,20H2,1-2H3,(H,30,32). The molecule has 182 valence electrons. The number of carbonyl (C=O) groups excluding carboxylic acids is 2. The van der Waals surface area contributed by atoms with Crippen LogP contribution < -0.4 is 19.7 Å². The van der Waals surface area contributed by atoms with Crippen molar-refractivity contribution in [1.82, 2.24) is 0 Å².